The highest BCUT2D eigenvalue weighted by Crippen LogP contribution is 2.17. The lowest BCUT2D eigenvalue weighted by atomic mass is 10.1. The summed E-state index contributed by atoms with van der Waals surface area (Å²) in [4.78, 5) is 0. The van der Waals surface area contributed by atoms with E-state index in [0.717, 1.165) is 24.6 Å². The van der Waals surface area contributed by atoms with Crippen LogP contribution in [0.5, 0.6) is 0 Å². The standard InChI is InChI=1S/C13H16BrNS/c1-3-7-16-8-6-15-10-12-5-4-11(2)9-13(12)14/h1,4-5,9,15H,6-8,10H2,2H3. The zero-order chi connectivity index (χ0) is 11.8. The van der Waals surface area contributed by atoms with Crippen molar-refractivity contribution >= 4 is 27.7 Å². The second kappa shape index (κ2) is 7.78. The first-order valence-electron chi connectivity index (χ1n) is 5.21. The minimum absolute atomic E-state index is 0.801. The molecule has 0 aliphatic carbocycles. The average molecular weight is 298 g/mol. The molecule has 0 saturated heterocycles. The van der Waals surface area contributed by atoms with Crippen molar-refractivity contribution in [1.82, 2.24) is 5.32 Å². The third kappa shape index (κ3) is 5.07. The highest BCUT2D eigenvalue weighted by Gasteiger charge is 1.98. The summed E-state index contributed by atoms with van der Waals surface area (Å²) in [5, 5.41) is 3.40. The SMILES string of the molecule is C#CCSCCNCc1ccc(C)cc1Br. The van der Waals surface area contributed by atoms with Crippen molar-refractivity contribution in [3.05, 3.63) is 33.8 Å². The molecule has 0 aromatic heterocycles. The molecule has 0 bridgehead atoms. The molecule has 0 amide bonds. The Bertz CT molecular complexity index is 371. The minimum Gasteiger partial charge on any atom is -0.312 e. The molecule has 0 aliphatic rings. The van der Waals surface area contributed by atoms with Gasteiger partial charge in [-0.25, -0.2) is 0 Å². The van der Waals surface area contributed by atoms with Crippen molar-refractivity contribution < 1.29 is 0 Å². The molecule has 0 fully saturated rings. The molecule has 1 aromatic carbocycles. The van der Waals surface area contributed by atoms with Crippen molar-refractivity contribution in [2.75, 3.05) is 18.1 Å². The Kier molecular flexibility index (Phi) is 6.63. The molecule has 0 saturated carbocycles. The first-order chi connectivity index (χ1) is 7.74. The number of halogens is 1. The van der Waals surface area contributed by atoms with Crippen molar-refractivity contribution in [3.8, 4) is 12.3 Å². The number of terminal acetylenes is 1. The van der Waals surface area contributed by atoms with Gasteiger partial charge in [-0.15, -0.1) is 18.2 Å². The lowest BCUT2D eigenvalue weighted by molar-refractivity contribution is 0.730. The first kappa shape index (κ1) is 13.6. The Morgan fingerprint density at radius 1 is 1.50 bits per heavy atom. The number of rotatable bonds is 6. The number of thioether (sulfide) groups is 1. The summed E-state index contributed by atoms with van der Waals surface area (Å²) >= 11 is 5.35. The molecule has 1 aromatic rings. The van der Waals surface area contributed by atoms with Gasteiger partial charge < -0.3 is 5.32 Å². The molecular weight excluding hydrogens is 282 g/mol. The summed E-state index contributed by atoms with van der Waals surface area (Å²) in [6.45, 7) is 3.99. The molecule has 3 heteroatoms. The van der Waals surface area contributed by atoms with Crippen LogP contribution in [0, 0.1) is 19.3 Å². The summed E-state index contributed by atoms with van der Waals surface area (Å²) in [6.07, 6.45) is 5.17. The number of hydrogen-bond donors (Lipinski definition) is 1. The van der Waals surface area contributed by atoms with E-state index >= 15 is 0 Å². The Labute approximate surface area is 111 Å². The van der Waals surface area contributed by atoms with E-state index in [9.17, 15) is 0 Å². The number of aryl methyl sites for hydroxylation is 1. The zero-order valence-corrected chi connectivity index (χ0v) is 11.8. The zero-order valence-electron chi connectivity index (χ0n) is 9.42. The molecule has 0 heterocycles. The highest BCUT2D eigenvalue weighted by atomic mass is 79.9. The normalized spacial score (nSPS) is 10.1. The van der Waals surface area contributed by atoms with Gasteiger partial charge in [0.2, 0.25) is 0 Å². The van der Waals surface area contributed by atoms with Gasteiger partial charge in [0.15, 0.2) is 0 Å². The maximum absolute atomic E-state index is 5.17. The third-order valence-corrected chi connectivity index (χ3v) is 3.73. The van der Waals surface area contributed by atoms with E-state index in [2.05, 4.69) is 52.3 Å². The summed E-state index contributed by atoms with van der Waals surface area (Å²) in [6, 6.07) is 6.43. The summed E-state index contributed by atoms with van der Waals surface area (Å²) in [5.41, 5.74) is 2.58. The van der Waals surface area contributed by atoms with Gasteiger partial charge in [-0.3, -0.25) is 0 Å². The molecule has 0 aliphatic heterocycles. The van der Waals surface area contributed by atoms with Crippen LogP contribution in [-0.4, -0.2) is 18.1 Å². The molecule has 0 radical (unpaired) electrons. The van der Waals surface area contributed by atoms with Gasteiger partial charge in [0.05, 0.1) is 5.75 Å². The fourth-order valence-corrected chi connectivity index (χ4v) is 2.48. The van der Waals surface area contributed by atoms with E-state index < -0.39 is 0 Å². The van der Waals surface area contributed by atoms with E-state index in [4.69, 9.17) is 6.42 Å². The van der Waals surface area contributed by atoms with Gasteiger partial charge in [-0.1, -0.05) is 34.0 Å². The Balaban J connectivity index is 2.25. The van der Waals surface area contributed by atoms with E-state index in [0.29, 0.717) is 0 Å². The lowest BCUT2D eigenvalue weighted by Crippen LogP contribution is -2.16. The van der Waals surface area contributed by atoms with Crippen molar-refractivity contribution in [1.29, 1.82) is 0 Å². The van der Waals surface area contributed by atoms with Crippen LogP contribution in [0.1, 0.15) is 11.1 Å². The maximum atomic E-state index is 5.17. The van der Waals surface area contributed by atoms with Crippen molar-refractivity contribution in [2.24, 2.45) is 0 Å². The van der Waals surface area contributed by atoms with Gasteiger partial charge >= 0.3 is 0 Å². The second-order valence-electron chi connectivity index (χ2n) is 3.53. The maximum Gasteiger partial charge on any atom is 0.0545 e. The molecule has 16 heavy (non-hydrogen) atoms. The monoisotopic (exact) mass is 297 g/mol. The van der Waals surface area contributed by atoms with Gasteiger partial charge in [0.1, 0.15) is 0 Å². The molecule has 86 valence electrons. The van der Waals surface area contributed by atoms with Crippen LogP contribution in [0.4, 0.5) is 0 Å². The van der Waals surface area contributed by atoms with E-state index in [1.807, 2.05) is 0 Å². The van der Waals surface area contributed by atoms with Crippen LogP contribution in [0.15, 0.2) is 22.7 Å². The Morgan fingerprint density at radius 2 is 2.31 bits per heavy atom. The van der Waals surface area contributed by atoms with E-state index in [-0.39, 0.29) is 0 Å². The summed E-state index contributed by atoms with van der Waals surface area (Å²) < 4.78 is 1.18. The van der Waals surface area contributed by atoms with E-state index in [1.165, 1.54) is 15.6 Å². The predicted octanol–water partition coefficient (Wildman–Crippen LogP) is 3.21. The topological polar surface area (TPSA) is 12.0 Å². The molecule has 1 nitrogen and oxygen atoms in total. The molecule has 1 rings (SSSR count). The number of nitrogens with one attached hydrogen (secondary N) is 1. The molecule has 0 unspecified atom stereocenters. The quantitative estimate of drug-likeness (QED) is 0.639. The first-order valence-corrected chi connectivity index (χ1v) is 7.15. The van der Waals surface area contributed by atoms with Gasteiger partial charge in [0, 0.05) is 23.3 Å². The Morgan fingerprint density at radius 3 is 3.00 bits per heavy atom. The molecular formula is C13H16BrNS. The third-order valence-electron chi connectivity index (χ3n) is 2.13. The van der Waals surface area contributed by atoms with Gasteiger partial charge in [-0.05, 0) is 24.1 Å². The van der Waals surface area contributed by atoms with Crippen LogP contribution in [-0.2, 0) is 6.54 Å². The highest BCUT2D eigenvalue weighted by molar-refractivity contribution is 9.10. The summed E-state index contributed by atoms with van der Waals surface area (Å²) in [5.74, 6) is 4.48. The Hall–Kier alpha value is -0.430. The minimum atomic E-state index is 0.801. The van der Waals surface area contributed by atoms with Crippen LogP contribution < -0.4 is 5.32 Å². The molecule has 0 atom stereocenters. The number of hydrogen-bond acceptors (Lipinski definition) is 2. The fourth-order valence-electron chi connectivity index (χ4n) is 1.29. The average Bonchev–Trinajstić information content (AvgIpc) is 2.26. The van der Waals surface area contributed by atoms with Crippen molar-refractivity contribution in [3.63, 3.8) is 0 Å². The van der Waals surface area contributed by atoms with Crippen LogP contribution in [0.3, 0.4) is 0 Å². The number of benzene rings is 1. The smallest absolute Gasteiger partial charge is 0.0545 e. The second-order valence-corrected chi connectivity index (χ2v) is 5.49. The largest absolute Gasteiger partial charge is 0.312 e. The van der Waals surface area contributed by atoms with Gasteiger partial charge in [0.25, 0.3) is 0 Å². The lowest BCUT2D eigenvalue weighted by Gasteiger charge is -2.07. The molecule has 1 N–H and O–H groups in total. The van der Waals surface area contributed by atoms with Crippen LogP contribution in [0.2, 0.25) is 0 Å². The van der Waals surface area contributed by atoms with Crippen LogP contribution >= 0.6 is 27.7 Å². The van der Waals surface area contributed by atoms with Crippen molar-refractivity contribution in [2.45, 2.75) is 13.5 Å². The fraction of sp³-hybridized carbons (Fsp3) is 0.385. The molecule has 0 spiro atoms. The van der Waals surface area contributed by atoms with E-state index in [1.54, 1.807) is 11.8 Å². The van der Waals surface area contributed by atoms with Gasteiger partial charge in [-0.2, -0.15) is 0 Å². The predicted molar refractivity (Wildman–Crippen MR) is 76.7 cm³/mol. The van der Waals surface area contributed by atoms with Crippen LogP contribution in [0.25, 0.3) is 0 Å². The summed E-state index contributed by atoms with van der Waals surface area (Å²) in [7, 11) is 0.